The van der Waals surface area contributed by atoms with Crippen molar-refractivity contribution >= 4 is 28.2 Å². The molecule has 0 aliphatic heterocycles. The van der Waals surface area contributed by atoms with Gasteiger partial charge in [-0.25, -0.2) is 0 Å². The van der Waals surface area contributed by atoms with Gasteiger partial charge in [0.2, 0.25) is 5.91 Å². The van der Waals surface area contributed by atoms with Gasteiger partial charge in [0.05, 0.1) is 5.56 Å². The first kappa shape index (κ1) is 15.3. The maximum absolute atomic E-state index is 12.0. The molecule has 21 heavy (non-hydrogen) atoms. The van der Waals surface area contributed by atoms with Crippen molar-refractivity contribution in [2.45, 2.75) is 26.2 Å². The van der Waals surface area contributed by atoms with Crippen LogP contribution in [0.15, 0.2) is 36.4 Å². The van der Waals surface area contributed by atoms with Gasteiger partial charge in [0, 0.05) is 11.3 Å². The second-order valence-corrected chi connectivity index (χ2v) is 5.84. The minimum Gasteiger partial charge on any atom is -0.366 e. The van der Waals surface area contributed by atoms with Crippen LogP contribution in [0.1, 0.15) is 34.1 Å². The first-order valence-corrected chi connectivity index (χ1v) is 7.68. The Hall–Kier alpha value is -2.14. The van der Waals surface area contributed by atoms with E-state index in [1.165, 1.54) is 11.3 Å². The zero-order valence-electron chi connectivity index (χ0n) is 11.9. The predicted octanol–water partition coefficient (Wildman–Crippen LogP) is 2.98. The SMILES string of the molecule is CCc1cc(C(N)=O)c(NC(=O)CCc2ccccc2)s1. The Balaban J connectivity index is 1.99. The Morgan fingerprint density at radius 1 is 1.24 bits per heavy atom. The van der Waals surface area contributed by atoms with Gasteiger partial charge in [-0.1, -0.05) is 37.3 Å². The summed E-state index contributed by atoms with van der Waals surface area (Å²) < 4.78 is 0. The molecule has 0 spiro atoms. The van der Waals surface area contributed by atoms with E-state index in [-0.39, 0.29) is 5.91 Å². The summed E-state index contributed by atoms with van der Waals surface area (Å²) >= 11 is 1.41. The van der Waals surface area contributed by atoms with Gasteiger partial charge in [-0.3, -0.25) is 9.59 Å². The molecule has 2 amide bonds. The highest BCUT2D eigenvalue weighted by Gasteiger charge is 2.15. The summed E-state index contributed by atoms with van der Waals surface area (Å²) in [4.78, 5) is 24.4. The second-order valence-electron chi connectivity index (χ2n) is 4.71. The van der Waals surface area contributed by atoms with E-state index in [0.29, 0.717) is 23.4 Å². The highest BCUT2D eigenvalue weighted by atomic mass is 32.1. The van der Waals surface area contributed by atoms with Gasteiger partial charge in [0.15, 0.2) is 0 Å². The van der Waals surface area contributed by atoms with Crippen molar-refractivity contribution in [1.82, 2.24) is 0 Å². The molecule has 0 saturated heterocycles. The van der Waals surface area contributed by atoms with Crippen LogP contribution in [0.2, 0.25) is 0 Å². The van der Waals surface area contributed by atoms with Crippen LogP contribution in [0.3, 0.4) is 0 Å². The van der Waals surface area contributed by atoms with Crippen molar-refractivity contribution in [3.05, 3.63) is 52.4 Å². The predicted molar refractivity (Wildman–Crippen MR) is 85.6 cm³/mol. The molecule has 2 rings (SSSR count). The van der Waals surface area contributed by atoms with Crippen molar-refractivity contribution in [3.8, 4) is 0 Å². The van der Waals surface area contributed by atoms with E-state index in [0.717, 1.165) is 16.9 Å². The molecular weight excluding hydrogens is 284 g/mol. The monoisotopic (exact) mass is 302 g/mol. The largest absolute Gasteiger partial charge is 0.366 e. The fraction of sp³-hybridized carbons (Fsp3) is 0.250. The molecule has 0 aliphatic carbocycles. The first-order valence-electron chi connectivity index (χ1n) is 6.86. The lowest BCUT2D eigenvalue weighted by atomic mass is 10.1. The average Bonchev–Trinajstić information content (AvgIpc) is 2.89. The van der Waals surface area contributed by atoms with Gasteiger partial charge in [-0.05, 0) is 24.5 Å². The van der Waals surface area contributed by atoms with Crippen LogP contribution in [-0.4, -0.2) is 11.8 Å². The maximum atomic E-state index is 12.0. The topological polar surface area (TPSA) is 72.2 Å². The number of hydrogen-bond acceptors (Lipinski definition) is 3. The van der Waals surface area contributed by atoms with Gasteiger partial charge < -0.3 is 11.1 Å². The van der Waals surface area contributed by atoms with Crippen LogP contribution < -0.4 is 11.1 Å². The van der Waals surface area contributed by atoms with E-state index < -0.39 is 5.91 Å². The van der Waals surface area contributed by atoms with Crippen LogP contribution in [0.5, 0.6) is 0 Å². The number of benzene rings is 1. The molecule has 2 aromatic rings. The number of carbonyl (C=O) groups excluding carboxylic acids is 2. The second kappa shape index (κ2) is 7.04. The van der Waals surface area contributed by atoms with Gasteiger partial charge in [-0.15, -0.1) is 11.3 Å². The fourth-order valence-corrected chi connectivity index (χ4v) is 3.00. The molecule has 110 valence electrons. The molecule has 1 aromatic heterocycles. The molecule has 0 aliphatic rings. The highest BCUT2D eigenvalue weighted by Crippen LogP contribution is 2.28. The lowest BCUT2D eigenvalue weighted by molar-refractivity contribution is -0.116. The third-order valence-corrected chi connectivity index (χ3v) is 4.33. The quantitative estimate of drug-likeness (QED) is 0.861. The summed E-state index contributed by atoms with van der Waals surface area (Å²) in [7, 11) is 0. The Bertz CT molecular complexity index is 635. The lowest BCUT2D eigenvalue weighted by Crippen LogP contribution is -2.16. The van der Waals surface area contributed by atoms with E-state index in [4.69, 9.17) is 5.73 Å². The molecule has 0 atom stereocenters. The molecule has 1 aromatic carbocycles. The summed E-state index contributed by atoms with van der Waals surface area (Å²) in [6.45, 7) is 2.00. The average molecular weight is 302 g/mol. The van der Waals surface area contributed by atoms with E-state index in [1.807, 2.05) is 37.3 Å². The molecule has 4 nitrogen and oxygen atoms in total. The van der Waals surface area contributed by atoms with Crippen molar-refractivity contribution in [1.29, 1.82) is 0 Å². The number of nitrogens with one attached hydrogen (secondary N) is 1. The summed E-state index contributed by atoms with van der Waals surface area (Å²) in [5.41, 5.74) is 6.85. The van der Waals surface area contributed by atoms with E-state index in [9.17, 15) is 9.59 Å². The van der Waals surface area contributed by atoms with Crippen molar-refractivity contribution < 1.29 is 9.59 Å². The van der Waals surface area contributed by atoms with Crippen LogP contribution in [0.25, 0.3) is 0 Å². The van der Waals surface area contributed by atoms with Gasteiger partial charge in [0.1, 0.15) is 5.00 Å². The normalized spacial score (nSPS) is 10.3. The zero-order chi connectivity index (χ0) is 15.2. The van der Waals surface area contributed by atoms with Crippen LogP contribution in [0, 0.1) is 0 Å². The number of nitrogens with two attached hydrogens (primary N) is 1. The minimum atomic E-state index is -0.510. The Labute approximate surface area is 128 Å². The van der Waals surface area contributed by atoms with Crippen molar-refractivity contribution in [2.75, 3.05) is 5.32 Å². The molecule has 0 fully saturated rings. The number of primary amides is 1. The molecule has 1 heterocycles. The summed E-state index contributed by atoms with van der Waals surface area (Å²) in [5.74, 6) is -0.616. The number of carbonyl (C=O) groups is 2. The van der Waals surface area contributed by atoms with Gasteiger partial charge in [-0.2, -0.15) is 0 Å². The zero-order valence-corrected chi connectivity index (χ0v) is 12.7. The van der Waals surface area contributed by atoms with Crippen LogP contribution in [-0.2, 0) is 17.6 Å². The molecule has 0 bridgehead atoms. The summed E-state index contributed by atoms with van der Waals surface area (Å²) in [6, 6.07) is 11.6. The summed E-state index contributed by atoms with van der Waals surface area (Å²) in [5, 5.41) is 3.35. The van der Waals surface area contributed by atoms with Crippen molar-refractivity contribution in [2.24, 2.45) is 5.73 Å². The standard InChI is InChI=1S/C16H18N2O2S/c1-2-12-10-13(15(17)20)16(21-12)18-14(19)9-8-11-6-4-3-5-7-11/h3-7,10H,2,8-9H2,1H3,(H2,17,20)(H,18,19). The number of rotatable bonds is 6. The van der Waals surface area contributed by atoms with Gasteiger partial charge in [0.25, 0.3) is 5.91 Å². The Kier molecular flexibility index (Phi) is 5.11. The van der Waals surface area contributed by atoms with E-state index in [1.54, 1.807) is 6.07 Å². The van der Waals surface area contributed by atoms with Crippen LogP contribution in [0.4, 0.5) is 5.00 Å². The molecule has 0 saturated carbocycles. The number of anilines is 1. The van der Waals surface area contributed by atoms with E-state index in [2.05, 4.69) is 5.32 Å². The minimum absolute atomic E-state index is 0.106. The molecular formula is C16H18N2O2S. The maximum Gasteiger partial charge on any atom is 0.251 e. The number of amides is 2. The van der Waals surface area contributed by atoms with Crippen molar-refractivity contribution in [3.63, 3.8) is 0 Å². The third-order valence-electron chi connectivity index (χ3n) is 3.13. The fourth-order valence-electron chi connectivity index (χ4n) is 1.98. The molecule has 3 N–H and O–H groups in total. The van der Waals surface area contributed by atoms with E-state index >= 15 is 0 Å². The highest BCUT2D eigenvalue weighted by molar-refractivity contribution is 7.16. The molecule has 0 unspecified atom stereocenters. The Morgan fingerprint density at radius 2 is 1.95 bits per heavy atom. The van der Waals surface area contributed by atoms with Gasteiger partial charge >= 0.3 is 0 Å². The number of aryl methyl sites for hydroxylation is 2. The smallest absolute Gasteiger partial charge is 0.251 e. The first-order chi connectivity index (χ1) is 10.1. The molecule has 5 heteroatoms. The lowest BCUT2D eigenvalue weighted by Gasteiger charge is -2.04. The number of thiophene rings is 1. The summed E-state index contributed by atoms with van der Waals surface area (Å²) in [6.07, 6.45) is 1.86. The molecule has 0 radical (unpaired) electrons. The third kappa shape index (κ3) is 4.16. The van der Waals surface area contributed by atoms with Crippen LogP contribution >= 0.6 is 11.3 Å². The number of hydrogen-bond donors (Lipinski definition) is 2. The Morgan fingerprint density at radius 3 is 2.57 bits per heavy atom.